The first-order valence-electron chi connectivity index (χ1n) is 4.61. The summed E-state index contributed by atoms with van der Waals surface area (Å²) in [6.45, 7) is 0.496. The number of carboxylic acids is 1. The molecule has 0 unspecified atom stereocenters. The summed E-state index contributed by atoms with van der Waals surface area (Å²) in [7, 11) is 0. The minimum atomic E-state index is -5.08. The lowest BCUT2D eigenvalue weighted by molar-refractivity contribution is -0.192. The average molecular weight is 264 g/mol. The Bertz CT molecular complexity index is 393. The van der Waals surface area contributed by atoms with E-state index in [0.29, 0.717) is 6.54 Å². The summed E-state index contributed by atoms with van der Waals surface area (Å²) in [6, 6.07) is 9.12. The summed E-state index contributed by atoms with van der Waals surface area (Å²) in [4.78, 5) is 19.2. The van der Waals surface area contributed by atoms with Crippen molar-refractivity contribution in [2.75, 3.05) is 0 Å². The van der Waals surface area contributed by atoms with E-state index >= 15 is 0 Å². The number of urea groups is 1. The third kappa shape index (κ3) is 7.97. The Morgan fingerprint density at radius 1 is 1.22 bits per heavy atom. The first-order valence-corrected chi connectivity index (χ1v) is 4.61. The van der Waals surface area contributed by atoms with Gasteiger partial charge < -0.3 is 16.2 Å². The van der Waals surface area contributed by atoms with Crippen LogP contribution in [0, 0.1) is 0 Å². The molecule has 100 valence electrons. The van der Waals surface area contributed by atoms with Gasteiger partial charge in [0.1, 0.15) is 0 Å². The Morgan fingerprint density at radius 3 is 2.00 bits per heavy atom. The molecule has 0 atom stereocenters. The van der Waals surface area contributed by atoms with E-state index in [2.05, 4.69) is 5.32 Å². The van der Waals surface area contributed by atoms with E-state index in [0.717, 1.165) is 5.56 Å². The predicted molar refractivity (Wildman–Crippen MR) is 56.6 cm³/mol. The van der Waals surface area contributed by atoms with E-state index in [1.165, 1.54) is 0 Å². The minimum Gasteiger partial charge on any atom is -0.475 e. The molecule has 0 aromatic heterocycles. The van der Waals surface area contributed by atoms with E-state index in [-0.39, 0.29) is 0 Å². The van der Waals surface area contributed by atoms with E-state index in [9.17, 15) is 18.0 Å². The molecule has 1 aromatic rings. The van der Waals surface area contributed by atoms with Crippen LogP contribution in [0.1, 0.15) is 5.56 Å². The zero-order valence-corrected chi connectivity index (χ0v) is 9.07. The minimum absolute atomic E-state index is 0.492. The maximum Gasteiger partial charge on any atom is 0.490 e. The molecule has 0 saturated carbocycles. The predicted octanol–water partition coefficient (Wildman–Crippen LogP) is 1.49. The highest BCUT2D eigenvalue weighted by Gasteiger charge is 2.38. The van der Waals surface area contributed by atoms with Gasteiger partial charge in [-0.1, -0.05) is 30.3 Å². The zero-order valence-electron chi connectivity index (χ0n) is 9.07. The molecule has 4 N–H and O–H groups in total. The number of carbonyl (C=O) groups is 2. The topological polar surface area (TPSA) is 92.4 Å². The maximum atomic E-state index is 10.6. The number of alkyl halides is 3. The van der Waals surface area contributed by atoms with Crippen molar-refractivity contribution in [3.8, 4) is 0 Å². The summed E-state index contributed by atoms with van der Waals surface area (Å²) < 4.78 is 31.7. The Labute approximate surface area is 100 Å². The molecule has 5 nitrogen and oxygen atoms in total. The SMILES string of the molecule is NC(=O)NCc1ccccc1.O=C(O)C(F)(F)F. The van der Waals surface area contributed by atoms with Crippen LogP contribution in [0.15, 0.2) is 30.3 Å². The molecule has 8 heteroatoms. The van der Waals surface area contributed by atoms with Crippen LogP contribution in [0.2, 0.25) is 0 Å². The van der Waals surface area contributed by atoms with Crippen LogP contribution in [-0.4, -0.2) is 23.3 Å². The van der Waals surface area contributed by atoms with Gasteiger partial charge in [0.25, 0.3) is 0 Å². The van der Waals surface area contributed by atoms with E-state index in [1.807, 2.05) is 30.3 Å². The van der Waals surface area contributed by atoms with Crippen molar-refractivity contribution < 1.29 is 27.9 Å². The highest BCUT2D eigenvalue weighted by molar-refractivity contribution is 5.73. The number of rotatable bonds is 2. The van der Waals surface area contributed by atoms with Gasteiger partial charge in [0.15, 0.2) is 0 Å². The third-order valence-electron chi connectivity index (χ3n) is 1.55. The fourth-order valence-corrected chi connectivity index (χ4v) is 0.785. The van der Waals surface area contributed by atoms with Gasteiger partial charge in [-0.3, -0.25) is 0 Å². The smallest absolute Gasteiger partial charge is 0.475 e. The molecule has 0 fully saturated rings. The number of benzene rings is 1. The molecule has 1 aromatic carbocycles. The van der Waals surface area contributed by atoms with E-state index < -0.39 is 18.2 Å². The number of nitrogens with two attached hydrogens (primary N) is 1. The van der Waals surface area contributed by atoms with Crippen molar-refractivity contribution in [2.24, 2.45) is 5.73 Å². The van der Waals surface area contributed by atoms with Gasteiger partial charge in [-0.05, 0) is 5.56 Å². The Kier molecular flexibility index (Phi) is 6.26. The molecular formula is C10H11F3N2O3. The number of aliphatic carboxylic acids is 1. The molecular weight excluding hydrogens is 253 g/mol. The molecule has 0 aliphatic heterocycles. The van der Waals surface area contributed by atoms with Crippen molar-refractivity contribution in [2.45, 2.75) is 12.7 Å². The van der Waals surface area contributed by atoms with E-state index in [4.69, 9.17) is 15.6 Å². The molecule has 0 radical (unpaired) electrons. The van der Waals surface area contributed by atoms with Crippen LogP contribution in [0.3, 0.4) is 0 Å². The second kappa shape index (κ2) is 7.15. The fourth-order valence-electron chi connectivity index (χ4n) is 0.785. The number of halogens is 3. The molecule has 0 aliphatic rings. The fraction of sp³-hybridized carbons (Fsp3) is 0.200. The van der Waals surface area contributed by atoms with Gasteiger partial charge >= 0.3 is 18.2 Å². The number of nitrogens with one attached hydrogen (secondary N) is 1. The second-order valence-electron chi connectivity index (χ2n) is 3.01. The summed E-state index contributed by atoms with van der Waals surface area (Å²) in [5.74, 6) is -2.76. The lowest BCUT2D eigenvalue weighted by Gasteiger charge is -1.99. The summed E-state index contributed by atoms with van der Waals surface area (Å²) in [6.07, 6.45) is -5.08. The van der Waals surface area contributed by atoms with Crippen LogP contribution in [-0.2, 0) is 11.3 Å². The Morgan fingerprint density at radius 2 is 1.67 bits per heavy atom. The first-order chi connectivity index (χ1) is 8.23. The number of hydrogen-bond acceptors (Lipinski definition) is 2. The largest absolute Gasteiger partial charge is 0.490 e. The monoisotopic (exact) mass is 264 g/mol. The van der Waals surface area contributed by atoms with Crippen LogP contribution in [0.5, 0.6) is 0 Å². The van der Waals surface area contributed by atoms with Gasteiger partial charge in [-0.15, -0.1) is 0 Å². The van der Waals surface area contributed by atoms with Gasteiger partial charge in [0.2, 0.25) is 0 Å². The van der Waals surface area contributed by atoms with Crippen molar-refractivity contribution in [3.05, 3.63) is 35.9 Å². The number of hydrogen-bond donors (Lipinski definition) is 3. The zero-order chi connectivity index (χ0) is 14.2. The Hall–Kier alpha value is -2.25. The van der Waals surface area contributed by atoms with Gasteiger partial charge in [-0.25, -0.2) is 9.59 Å². The average Bonchev–Trinajstić information content (AvgIpc) is 2.27. The standard InChI is InChI=1S/C8H10N2O.C2HF3O2/c9-8(11)10-6-7-4-2-1-3-5-7;3-2(4,5)1(6)7/h1-5H,6H2,(H3,9,10,11);(H,6,7). The van der Waals surface area contributed by atoms with Crippen LogP contribution >= 0.6 is 0 Å². The lowest BCUT2D eigenvalue weighted by atomic mass is 10.2. The van der Waals surface area contributed by atoms with Crippen LogP contribution < -0.4 is 11.1 Å². The molecule has 0 spiro atoms. The third-order valence-corrected chi connectivity index (χ3v) is 1.55. The number of carbonyl (C=O) groups excluding carboxylic acids is 1. The van der Waals surface area contributed by atoms with Crippen molar-refractivity contribution in [1.82, 2.24) is 5.32 Å². The van der Waals surface area contributed by atoms with E-state index in [1.54, 1.807) is 0 Å². The molecule has 0 saturated heterocycles. The van der Waals surface area contributed by atoms with Crippen molar-refractivity contribution in [3.63, 3.8) is 0 Å². The number of amides is 2. The van der Waals surface area contributed by atoms with Gasteiger partial charge in [0, 0.05) is 6.54 Å². The Balaban J connectivity index is 0.000000360. The van der Waals surface area contributed by atoms with Crippen LogP contribution in [0.25, 0.3) is 0 Å². The molecule has 2 amide bonds. The maximum absolute atomic E-state index is 10.6. The molecule has 1 rings (SSSR count). The van der Waals surface area contributed by atoms with Crippen molar-refractivity contribution in [1.29, 1.82) is 0 Å². The van der Waals surface area contributed by atoms with Crippen molar-refractivity contribution >= 4 is 12.0 Å². The lowest BCUT2D eigenvalue weighted by Crippen LogP contribution is -2.28. The number of carboxylic acid groups (broad SMARTS) is 1. The normalized spacial score (nSPS) is 9.94. The summed E-state index contributed by atoms with van der Waals surface area (Å²) in [5, 5.41) is 9.63. The molecule has 18 heavy (non-hydrogen) atoms. The van der Waals surface area contributed by atoms with Gasteiger partial charge in [-0.2, -0.15) is 13.2 Å². The highest BCUT2D eigenvalue weighted by Crippen LogP contribution is 2.13. The summed E-state index contributed by atoms with van der Waals surface area (Å²) >= 11 is 0. The second-order valence-corrected chi connectivity index (χ2v) is 3.01. The quantitative estimate of drug-likeness (QED) is 0.755. The molecule has 0 heterocycles. The summed E-state index contributed by atoms with van der Waals surface area (Å²) in [5.41, 5.74) is 5.94. The first kappa shape index (κ1) is 15.8. The number of primary amides is 1. The van der Waals surface area contributed by atoms with Gasteiger partial charge in [0.05, 0.1) is 0 Å². The molecule has 0 bridgehead atoms. The highest BCUT2D eigenvalue weighted by atomic mass is 19.4. The molecule has 0 aliphatic carbocycles. The van der Waals surface area contributed by atoms with Crippen LogP contribution in [0.4, 0.5) is 18.0 Å².